The van der Waals surface area contributed by atoms with Crippen molar-refractivity contribution in [3.63, 3.8) is 0 Å². The maximum Gasteiger partial charge on any atom is 0.311 e. The fraction of sp³-hybridized carbons (Fsp3) is 0.857. The maximum absolute atomic E-state index is 12.1. The summed E-state index contributed by atoms with van der Waals surface area (Å²) >= 11 is 0. The molecule has 1 heterocycles. The zero-order valence-corrected chi connectivity index (χ0v) is 11.6. The van der Waals surface area contributed by atoms with Gasteiger partial charge in [0.25, 0.3) is 0 Å². The summed E-state index contributed by atoms with van der Waals surface area (Å²) in [5.74, 6) is -0.331. The highest BCUT2D eigenvalue weighted by Gasteiger charge is 2.45. The maximum atomic E-state index is 12.1. The van der Waals surface area contributed by atoms with E-state index in [9.17, 15) is 14.7 Å². The predicted molar refractivity (Wildman–Crippen MR) is 71.7 cm³/mol. The van der Waals surface area contributed by atoms with E-state index in [1.807, 2.05) is 0 Å². The molecule has 19 heavy (non-hydrogen) atoms. The predicted octanol–water partition coefficient (Wildman–Crippen LogP) is 1.14. The lowest BCUT2D eigenvalue weighted by Crippen LogP contribution is -2.47. The largest absolute Gasteiger partial charge is 0.481 e. The molecule has 1 saturated carbocycles. The fourth-order valence-corrected chi connectivity index (χ4v) is 3.25. The average molecular weight is 268 g/mol. The van der Waals surface area contributed by atoms with Crippen LogP contribution in [0.1, 0.15) is 45.4 Å². The lowest BCUT2D eigenvalue weighted by molar-refractivity contribution is -0.149. The van der Waals surface area contributed by atoms with E-state index in [0.29, 0.717) is 18.8 Å². The SMILES string of the molecule is CC1(C(=O)O)CCCC1NC(=O)CC1CCNCC1. The monoisotopic (exact) mass is 268 g/mol. The summed E-state index contributed by atoms with van der Waals surface area (Å²) in [6.07, 6.45) is 4.92. The van der Waals surface area contributed by atoms with Crippen LogP contribution in [0.3, 0.4) is 0 Å². The van der Waals surface area contributed by atoms with Crippen LogP contribution in [0.5, 0.6) is 0 Å². The second-order valence-electron chi connectivity index (χ2n) is 6.13. The van der Waals surface area contributed by atoms with Crippen LogP contribution in [0.25, 0.3) is 0 Å². The lowest BCUT2D eigenvalue weighted by Gasteiger charge is -2.29. The van der Waals surface area contributed by atoms with Gasteiger partial charge in [0.2, 0.25) is 5.91 Å². The second kappa shape index (κ2) is 5.90. The summed E-state index contributed by atoms with van der Waals surface area (Å²) in [7, 11) is 0. The van der Waals surface area contributed by atoms with Gasteiger partial charge in [-0.1, -0.05) is 6.42 Å². The van der Waals surface area contributed by atoms with Crippen molar-refractivity contribution in [3.05, 3.63) is 0 Å². The molecular weight excluding hydrogens is 244 g/mol. The van der Waals surface area contributed by atoms with Gasteiger partial charge >= 0.3 is 5.97 Å². The Kier molecular flexibility index (Phi) is 4.45. The molecule has 1 saturated heterocycles. The number of nitrogens with one attached hydrogen (secondary N) is 2. The van der Waals surface area contributed by atoms with Crippen LogP contribution in [-0.2, 0) is 9.59 Å². The molecule has 1 aliphatic carbocycles. The zero-order chi connectivity index (χ0) is 13.9. The summed E-state index contributed by atoms with van der Waals surface area (Å²) in [6, 6.07) is -0.209. The molecule has 2 fully saturated rings. The molecule has 2 rings (SSSR count). The van der Waals surface area contributed by atoms with Gasteiger partial charge in [0, 0.05) is 12.5 Å². The third-order valence-corrected chi connectivity index (χ3v) is 4.71. The third-order valence-electron chi connectivity index (χ3n) is 4.71. The molecule has 2 unspecified atom stereocenters. The van der Waals surface area contributed by atoms with Crippen molar-refractivity contribution in [2.45, 2.75) is 51.5 Å². The Morgan fingerprint density at radius 3 is 2.63 bits per heavy atom. The second-order valence-corrected chi connectivity index (χ2v) is 6.13. The highest BCUT2D eigenvalue weighted by Crippen LogP contribution is 2.38. The Morgan fingerprint density at radius 1 is 1.32 bits per heavy atom. The number of carbonyl (C=O) groups is 2. The van der Waals surface area contributed by atoms with Crippen LogP contribution >= 0.6 is 0 Å². The van der Waals surface area contributed by atoms with Crippen LogP contribution in [-0.4, -0.2) is 36.1 Å². The van der Waals surface area contributed by atoms with E-state index in [0.717, 1.165) is 38.8 Å². The number of piperidine rings is 1. The highest BCUT2D eigenvalue weighted by molar-refractivity contribution is 5.80. The van der Waals surface area contributed by atoms with Crippen LogP contribution in [0.15, 0.2) is 0 Å². The first-order valence-corrected chi connectivity index (χ1v) is 7.26. The van der Waals surface area contributed by atoms with Crippen molar-refractivity contribution in [1.82, 2.24) is 10.6 Å². The minimum absolute atomic E-state index is 0.0197. The van der Waals surface area contributed by atoms with E-state index < -0.39 is 11.4 Å². The summed E-state index contributed by atoms with van der Waals surface area (Å²) in [6.45, 7) is 3.71. The van der Waals surface area contributed by atoms with Gasteiger partial charge in [0.1, 0.15) is 0 Å². The molecule has 0 aromatic heterocycles. The Balaban J connectivity index is 1.86. The molecule has 3 N–H and O–H groups in total. The molecule has 5 heteroatoms. The van der Waals surface area contributed by atoms with E-state index in [4.69, 9.17) is 0 Å². The summed E-state index contributed by atoms with van der Waals surface area (Å²) in [5, 5.41) is 15.6. The molecule has 0 bridgehead atoms. The molecule has 1 aliphatic heterocycles. The quantitative estimate of drug-likeness (QED) is 0.714. The lowest BCUT2D eigenvalue weighted by atomic mass is 9.84. The van der Waals surface area contributed by atoms with Crippen molar-refractivity contribution >= 4 is 11.9 Å². The number of carboxylic acid groups (broad SMARTS) is 1. The van der Waals surface area contributed by atoms with E-state index >= 15 is 0 Å². The van der Waals surface area contributed by atoms with Gasteiger partial charge in [-0.2, -0.15) is 0 Å². The third kappa shape index (κ3) is 3.26. The molecule has 0 aromatic carbocycles. The Morgan fingerprint density at radius 2 is 2.00 bits per heavy atom. The summed E-state index contributed by atoms with van der Waals surface area (Å²) in [5.41, 5.74) is -0.788. The molecule has 0 spiro atoms. The van der Waals surface area contributed by atoms with E-state index in [2.05, 4.69) is 10.6 Å². The molecule has 1 amide bonds. The van der Waals surface area contributed by atoms with Gasteiger partial charge < -0.3 is 15.7 Å². The van der Waals surface area contributed by atoms with Gasteiger partial charge in [0.05, 0.1) is 5.41 Å². The first-order chi connectivity index (χ1) is 9.02. The van der Waals surface area contributed by atoms with Gasteiger partial charge in [0.15, 0.2) is 0 Å². The minimum atomic E-state index is -0.794. The smallest absolute Gasteiger partial charge is 0.311 e. The average Bonchev–Trinajstić information content (AvgIpc) is 2.73. The van der Waals surface area contributed by atoms with Crippen LogP contribution in [0.2, 0.25) is 0 Å². The Hall–Kier alpha value is -1.10. The zero-order valence-electron chi connectivity index (χ0n) is 11.6. The minimum Gasteiger partial charge on any atom is -0.481 e. The number of rotatable bonds is 4. The van der Waals surface area contributed by atoms with Crippen molar-refractivity contribution in [3.8, 4) is 0 Å². The van der Waals surface area contributed by atoms with E-state index in [1.165, 1.54) is 0 Å². The van der Waals surface area contributed by atoms with Crippen molar-refractivity contribution < 1.29 is 14.7 Å². The van der Waals surface area contributed by atoms with Crippen molar-refractivity contribution in [2.24, 2.45) is 11.3 Å². The van der Waals surface area contributed by atoms with Crippen LogP contribution in [0, 0.1) is 11.3 Å². The molecule has 0 aromatic rings. The Labute approximate surface area is 114 Å². The number of hydrogen-bond donors (Lipinski definition) is 3. The van der Waals surface area contributed by atoms with Crippen molar-refractivity contribution in [1.29, 1.82) is 0 Å². The summed E-state index contributed by atoms with van der Waals surface area (Å²) < 4.78 is 0. The number of amides is 1. The number of aliphatic carboxylic acids is 1. The number of carboxylic acids is 1. The highest BCUT2D eigenvalue weighted by atomic mass is 16.4. The van der Waals surface area contributed by atoms with Crippen LogP contribution < -0.4 is 10.6 Å². The molecule has 0 radical (unpaired) electrons. The fourth-order valence-electron chi connectivity index (χ4n) is 3.25. The molecule has 2 aliphatic rings. The van der Waals surface area contributed by atoms with Gasteiger partial charge in [-0.05, 0) is 51.6 Å². The standard InChI is InChI=1S/C14H24N2O3/c1-14(13(18)19)6-2-3-11(14)16-12(17)9-10-4-7-15-8-5-10/h10-11,15H,2-9H2,1H3,(H,16,17)(H,18,19). The van der Waals surface area contributed by atoms with Gasteiger partial charge in [-0.3, -0.25) is 9.59 Å². The first kappa shape index (κ1) is 14.3. The van der Waals surface area contributed by atoms with E-state index in [-0.39, 0.29) is 11.9 Å². The van der Waals surface area contributed by atoms with Gasteiger partial charge in [-0.15, -0.1) is 0 Å². The van der Waals surface area contributed by atoms with Crippen LogP contribution in [0.4, 0.5) is 0 Å². The van der Waals surface area contributed by atoms with E-state index in [1.54, 1.807) is 6.92 Å². The van der Waals surface area contributed by atoms with Crippen molar-refractivity contribution in [2.75, 3.05) is 13.1 Å². The molecule has 2 atom stereocenters. The number of carbonyl (C=O) groups excluding carboxylic acids is 1. The summed E-state index contributed by atoms with van der Waals surface area (Å²) in [4.78, 5) is 23.4. The molecular formula is C14H24N2O3. The molecule has 5 nitrogen and oxygen atoms in total. The normalized spacial score (nSPS) is 32.2. The van der Waals surface area contributed by atoms with Gasteiger partial charge in [-0.25, -0.2) is 0 Å². The topological polar surface area (TPSA) is 78.4 Å². The Bertz CT molecular complexity index is 353. The molecule has 108 valence electrons. The number of hydrogen-bond acceptors (Lipinski definition) is 3. The first-order valence-electron chi connectivity index (χ1n) is 7.26.